The van der Waals surface area contributed by atoms with Gasteiger partial charge in [-0.15, -0.1) is 0 Å². The average molecular weight is 253 g/mol. The van der Waals surface area contributed by atoms with Crippen molar-refractivity contribution in [3.05, 3.63) is 29.8 Å². The number of hydrogen-bond acceptors (Lipinski definition) is 4. The summed E-state index contributed by atoms with van der Waals surface area (Å²) >= 11 is 1.68. The maximum absolute atomic E-state index is 11.4. The molecule has 0 radical (unpaired) electrons. The Morgan fingerprint density at radius 2 is 2.18 bits per heavy atom. The molecule has 1 amide bonds. The third kappa shape index (κ3) is 4.91. The van der Waals surface area contributed by atoms with Gasteiger partial charge in [0, 0.05) is 11.3 Å². The number of hydrogen-bond donors (Lipinski definition) is 1. The number of thioether (sulfide) groups is 1. The van der Waals surface area contributed by atoms with Crippen molar-refractivity contribution in [2.24, 2.45) is 5.73 Å². The molecule has 1 aromatic carbocycles. The molecule has 0 aromatic heterocycles. The summed E-state index contributed by atoms with van der Waals surface area (Å²) in [6.45, 7) is 2.03. The van der Waals surface area contributed by atoms with Crippen LogP contribution in [0.25, 0.3) is 0 Å². The van der Waals surface area contributed by atoms with E-state index in [0.717, 1.165) is 11.5 Å². The summed E-state index contributed by atoms with van der Waals surface area (Å²) in [6, 6.07) is 6.29. The molecule has 0 spiro atoms. The fourth-order valence-corrected chi connectivity index (χ4v) is 1.79. The Morgan fingerprint density at radius 3 is 2.82 bits per heavy atom. The Hall–Kier alpha value is -1.49. The van der Waals surface area contributed by atoms with E-state index in [2.05, 4.69) is 0 Å². The monoisotopic (exact) mass is 253 g/mol. The Balaban J connectivity index is 2.53. The molecule has 1 aromatic rings. The van der Waals surface area contributed by atoms with Gasteiger partial charge >= 0.3 is 5.97 Å². The van der Waals surface area contributed by atoms with Gasteiger partial charge in [0.25, 0.3) is 0 Å². The van der Waals surface area contributed by atoms with Crippen LogP contribution in [-0.4, -0.2) is 23.4 Å². The summed E-state index contributed by atoms with van der Waals surface area (Å²) < 4.78 is 5.09. The molecule has 0 aliphatic carbocycles. The molecule has 0 fully saturated rings. The Morgan fingerprint density at radius 1 is 1.41 bits per heavy atom. The SMILES string of the molecule is CCSCCC(=O)Oc1cccc(C(N)=O)c1. The highest BCUT2D eigenvalue weighted by Gasteiger charge is 2.06. The predicted molar refractivity (Wildman–Crippen MR) is 68.2 cm³/mol. The van der Waals surface area contributed by atoms with Crippen molar-refractivity contribution in [2.45, 2.75) is 13.3 Å². The number of rotatable bonds is 6. The van der Waals surface area contributed by atoms with Gasteiger partial charge in [-0.25, -0.2) is 0 Å². The van der Waals surface area contributed by atoms with E-state index >= 15 is 0 Å². The Labute approximate surface area is 105 Å². The molecule has 0 bridgehead atoms. The zero-order chi connectivity index (χ0) is 12.7. The van der Waals surface area contributed by atoms with Crippen molar-refractivity contribution in [1.82, 2.24) is 0 Å². The summed E-state index contributed by atoms with van der Waals surface area (Å²) in [5, 5.41) is 0. The third-order valence-electron chi connectivity index (χ3n) is 2.00. The fourth-order valence-electron chi connectivity index (χ4n) is 1.20. The minimum atomic E-state index is -0.538. The minimum Gasteiger partial charge on any atom is -0.426 e. The van der Waals surface area contributed by atoms with Gasteiger partial charge in [-0.3, -0.25) is 9.59 Å². The van der Waals surface area contributed by atoms with E-state index in [0.29, 0.717) is 17.7 Å². The Bertz CT molecular complexity index is 406. The molecule has 0 heterocycles. The average Bonchev–Trinajstić information content (AvgIpc) is 2.29. The zero-order valence-corrected chi connectivity index (χ0v) is 10.5. The smallest absolute Gasteiger partial charge is 0.312 e. The summed E-state index contributed by atoms with van der Waals surface area (Å²) in [6.07, 6.45) is 0.360. The summed E-state index contributed by atoms with van der Waals surface area (Å²) in [5.41, 5.74) is 5.46. The van der Waals surface area contributed by atoms with Crippen molar-refractivity contribution in [2.75, 3.05) is 11.5 Å². The van der Waals surface area contributed by atoms with Crippen LogP contribution >= 0.6 is 11.8 Å². The van der Waals surface area contributed by atoms with E-state index in [4.69, 9.17) is 10.5 Å². The van der Waals surface area contributed by atoms with Gasteiger partial charge in [-0.1, -0.05) is 13.0 Å². The molecule has 0 unspecified atom stereocenters. The third-order valence-corrected chi connectivity index (χ3v) is 2.91. The van der Waals surface area contributed by atoms with Gasteiger partial charge < -0.3 is 10.5 Å². The molecule has 0 aliphatic rings. The summed E-state index contributed by atoms with van der Waals surface area (Å²) in [4.78, 5) is 22.3. The van der Waals surface area contributed by atoms with Crippen LogP contribution in [0, 0.1) is 0 Å². The van der Waals surface area contributed by atoms with E-state index in [1.54, 1.807) is 30.0 Å². The quantitative estimate of drug-likeness (QED) is 0.477. The normalized spacial score (nSPS) is 9.94. The van der Waals surface area contributed by atoms with Gasteiger partial charge in [0.15, 0.2) is 0 Å². The number of esters is 1. The second-order valence-electron chi connectivity index (χ2n) is 3.31. The van der Waals surface area contributed by atoms with Crippen molar-refractivity contribution in [3.8, 4) is 5.75 Å². The second-order valence-corrected chi connectivity index (χ2v) is 4.71. The number of carbonyl (C=O) groups is 2. The first-order chi connectivity index (χ1) is 8.13. The van der Waals surface area contributed by atoms with Crippen LogP contribution in [-0.2, 0) is 4.79 Å². The maximum Gasteiger partial charge on any atom is 0.312 e. The molecule has 92 valence electrons. The van der Waals surface area contributed by atoms with Gasteiger partial charge in [0.2, 0.25) is 5.91 Å². The van der Waals surface area contributed by atoms with Gasteiger partial charge in [-0.05, 0) is 24.0 Å². The zero-order valence-electron chi connectivity index (χ0n) is 9.64. The number of amides is 1. The summed E-state index contributed by atoms with van der Waals surface area (Å²) in [5.74, 6) is 1.24. The van der Waals surface area contributed by atoms with Gasteiger partial charge in [0.1, 0.15) is 5.75 Å². The van der Waals surface area contributed by atoms with Crippen molar-refractivity contribution in [1.29, 1.82) is 0 Å². The topological polar surface area (TPSA) is 69.4 Å². The van der Waals surface area contributed by atoms with Crippen LogP contribution in [0.1, 0.15) is 23.7 Å². The molecule has 2 N–H and O–H groups in total. The van der Waals surface area contributed by atoms with Gasteiger partial charge in [0.05, 0.1) is 6.42 Å². The van der Waals surface area contributed by atoms with Crippen molar-refractivity contribution >= 4 is 23.6 Å². The minimum absolute atomic E-state index is 0.299. The number of carbonyl (C=O) groups excluding carboxylic acids is 2. The maximum atomic E-state index is 11.4. The van der Waals surface area contributed by atoms with E-state index in [-0.39, 0.29) is 5.97 Å². The lowest BCUT2D eigenvalue weighted by Crippen LogP contribution is -2.12. The van der Waals surface area contributed by atoms with Crippen LogP contribution in [0.5, 0.6) is 5.75 Å². The first-order valence-electron chi connectivity index (χ1n) is 5.31. The molecule has 0 atom stereocenters. The van der Waals surface area contributed by atoms with Crippen molar-refractivity contribution in [3.63, 3.8) is 0 Å². The lowest BCUT2D eigenvalue weighted by molar-refractivity contribution is -0.133. The van der Waals surface area contributed by atoms with Crippen LogP contribution in [0.4, 0.5) is 0 Å². The van der Waals surface area contributed by atoms with E-state index < -0.39 is 5.91 Å². The summed E-state index contributed by atoms with van der Waals surface area (Å²) in [7, 11) is 0. The van der Waals surface area contributed by atoms with Crippen molar-refractivity contribution < 1.29 is 14.3 Å². The fraction of sp³-hybridized carbons (Fsp3) is 0.333. The molecule has 4 nitrogen and oxygen atoms in total. The first-order valence-corrected chi connectivity index (χ1v) is 6.47. The standard InChI is InChI=1S/C12H15NO3S/c1-2-17-7-6-11(14)16-10-5-3-4-9(8-10)12(13)15/h3-5,8H,2,6-7H2,1H3,(H2,13,15). The lowest BCUT2D eigenvalue weighted by atomic mass is 10.2. The van der Waals surface area contributed by atoms with E-state index in [1.807, 2.05) is 6.92 Å². The molecular weight excluding hydrogens is 238 g/mol. The number of ether oxygens (including phenoxy) is 1. The van der Waals surface area contributed by atoms with Crippen LogP contribution < -0.4 is 10.5 Å². The molecule has 0 aliphatic heterocycles. The highest BCUT2D eigenvalue weighted by atomic mass is 32.2. The second kappa shape index (κ2) is 6.96. The predicted octanol–water partition coefficient (Wildman–Crippen LogP) is 1.83. The van der Waals surface area contributed by atoms with Crippen LogP contribution in [0.3, 0.4) is 0 Å². The Kier molecular flexibility index (Phi) is 5.56. The molecule has 0 saturated heterocycles. The van der Waals surface area contributed by atoms with E-state index in [9.17, 15) is 9.59 Å². The van der Waals surface area contributed by atoms with Gasteiger partial charge in [-0.2, -0.15) is 11.8 Å². The molecule has 1 rings (SSSR count). The molecule has 0 saturated carbocycles. The molecule has 17 heavy (non-hydrogen) atoms. The number of benzene rings is 1. The highest BCUT2D eigenvalue weighted by molar-refractivity contribution is 7.99. The largest absolute Gasteiger partial charge is 0.426 e. The molecule has 5 heteroatoms. The number of nitrogens with two attached hydrogens (primary N) is 1. The molecular formula is C12H15NO3S. The number of primary amides is 1. The van der Waals surface area contributed by atoms with E-state index in [1.165, 1.54) is 6.07 Å². The van der Waals surface area contributed by atoms with Crippen LogP contribution in [0.2, 0.25) is 0 Å². The highest BCUT2D eigenvalue weighted by Crippen LogP contribution is 2.14. The first kappa shape index (κ1) is 13.6. The lowest BCUT2D eigenvalue weighted by Gasteiger charge is -2.04. The van der Waals surface area contributed by atoms with Crippen LogP contribution in [0.15, 0.2) is 24.3 Å².